The van der Waals surface area contributed by atoms with Crippen molar-refractivity contribution in [1.82, 2.24) is 4.57 Å². The van der Waals surface area contributed by atoms with Gasteiger partial charge in [-0.15, -0.1) is 0 Å². The van der Waals surface area contributed by atoms with E-state index in [-0.39, 0.29) is 12.1 Å². The van der Waals surface area contributed by atoms with Gasteiger partial charge >= 0.3 is 0 Å². The number of benzene rings is 9. The summed E-state index contributed by atoms with van der Waals surface area (Å²) in [5.74, 6) is 1.81. The highest BCUT2D eigenvalue weighted by Crippen LogP contribution is 2.53. The number of hydrogen-bond acceptors (Lipinski definition) is 3. The molecule has 13 rings (SSSR count). The number of aromatic nitrogens is 1. The van der Waals surface area contributed by atoms with Crippen LogP contribution in [-0.4, -0.2) is 11.3 Å². The third-order valence-corrected chi connectivity index (χ3v) is 13.6. The maximum absolute atomic E-state index is 7.07. The summed E-state index contributed by atoms with van der Waals surface area (Å²) >= 11 is 0. The van der Waals surface area contributed by atoms with Crippen LogP contribution in [0.3, 0.4) is 0 Å². The van der Waals surface area contributed by atoms with E-state index in [2.05, 4.69) is 234 Å². The van der Waals surface area contributed by atoms with Crippen molar-refractivity contribution in [2.24, 2.45) is 0 Å². The van der Waals surface area contributed by atoms with Gasteiger partial charge in [-0.1, -0.05) is 129 Å². The Morgan fingerprint density at radius 2 is 1.10 bits per heavy atom. The van der Waals surface area contributed by atoms with Crippen LogP contribution in [0.4, 0.5) is 34.1 Å². The van der Waals surface area contributed by atoms with Crippen molar-refractivity contribution in [3.63, 3.8) is 0 Å². The van der Waals surface area contributed by atoms with Crippen LogP contribution in [0.25, 0.3) is 38.6 Å². The minimum atomic E-state index is -0.271. The van der Waals surface area contributed by atoms with Crippen LogP contribution in [0.5, 0.6) is 11.5 Å². The van der Waals surface area contributed by atoms with Crippen molar-refractivity contribution >= 4 is 79.0 Å². The van der Waals surface area contributed by atoms with Gasteiger partial charge < -0.3 is 19.1 Å². The zero-order valence-electron chi connectivity index (χ0n) is 34.5. The highest BCUT2D eigenvalue weighted by molar-refractivity contribution is 6.99. The SMILES string of the molecule is CC1(C)c2cc(N(c3ccccc3)c3ccccc3)ccc2-c2cc3c(cc21)B1c2cc4c5ccccc5n(-c5ccccc5)c4cc2Oc2cccc(c21)N3c1ccccc1. The minimum absolute atomic E-state index is 0.0461. The minimum Gasteiger partial charge on any atom is -0.458 e. The van der Waals surface area contributed by atoms with Crippen LogP contribution in [-0.2, 0) is 5.41 Å². The van der Waals surface area contributed by atoms with E-state index in [9.17, 15) is 0 Å². The number of ether oxygens (including phenoxy) is 1. The average molecular weight is 794 g/mol. The number of rotatable bonds is 5. The molecule has 3 heterocycles. The van der Waals surface area contributed by atoms with Crippen LogP contribution in [0.2, 0.25) is 0 Å². The fourth-order valence-corrected chi connectivity index (χ4v) is 10.8. The number of anilines is 6. The molecular formula is C57H40BN3O. The van der Waals surface area contributed by atoms with Gasteiger partial charge in [-0.05, 0) is 124 Å². The smallest absolute Gasteiger partial charge is 0.256 e. The van der Waals surface area contributed by atoms with Gasteiger partial charge in [0, 0.05) is 62.1 Å². The molecule has 0 N–H and O–H groups in total. The molecule has 0 unspecified atom stereocenters. The van der Waals surface area contributed by atoms with Crippen molar-refractivity contribution in [2.45, 2.75) is 19.3 Å². The molecule has 0 amide bonds. The van der Waals surface area contributed by atoms with E-state index in [1.165, 1.54) is 60.6 Å². The monoisotopic (exact) mass is 793 g/mol. The predicted octanol–water partition coefficient (Wildman–Crippen LogP) is 13.0. The molecular weight excluding hydrogens is 753 g/mol. The fraction of sp³-hybridized carbons (Fsp3) is 0.0526. The molecule has 9 aromatic carbocycles. The third kappa shape index (κ3) is 4.96. The highest BCUT2D eigenvalue weighted by atomic mass is 16.5. The maximum Gasteiger partial charge on any atom is 0.256 e. The second-order valence-corrected chi connectivity index (χ2v) is 17.3. The molecule has 1 aliphatic carbocycles. The Morgan fingerprint density at radius 1 is 0.452 bits per heavy atom. The first-order chi connectivity index (χ1) is 30.5. The van der Waals surface area contributed by atoms with Gasteiger partial charge in [-0.2, -0.15) is 0 Å². The molecule has 0 saturated heterocycles. The lowest BCUT2D eigenvalue weighted by Gasteiger charge is -2.40. The largest absolute Gasteiger partial charge is 0.458 e. The molecule has 2 aliphatic heterocycles. The third-order valence-electron chi connectivity index (χ3n) is 13.6. The summed E-state index contributed by atoms with van der Waals surface area (Å²) in [5.41, 5.74) is 19.0. The molecule has 62 heavy (non-hydrogen) atoms. The van der Waals surface area contributed by atoms with E-state index in [4.69, 9.17) is 4.74 Å². The van der Waals surface area contributed by atoms with E-state index in [0.717, 1.165) is 51.1 Å². The number of hydrogen-bond donors (Lipinski definition) is 0. The fourth-order valence-electron chi connectivity index (χ4n) is 10.8. The topological polar surface area (TPSA) is 20.6 Å². The zero-order valence-corrected chi connectivity index (χ0v) is 34.5. The van der Waals surface area contributed by atoms with Crippen LogP contribution >= 0.6 is 0 Å². The Bertz CT molecular complexity index is 3380. The Balaban J connectivity index is 1.05. The van der Waals surface area contributed by atoms with E-state index < -0.39 is 0 Å². The molecule has 10 aromatic rings. The average Bonchev–Trinajstić information content (AvgIpc) is 3.75. The second kappa shape index (κ2) is 13.1. The number of fused-ring (bicyclic) bond motifs is 10. The molecule has 0 saturated carbocycles. The second-order valence-electron chi connectivity index (χ2n) is 17.3. The molecule has 0 bridgehead atoms. The van der Waals surface area contributed by atoms with Crippen LogP contribution < -0.4 is 30.9 Å². The van der Waals surface area contributed by atoms with E-state index >= 15 is 0 Å². The number of nitrogens with zero attached hydrogens (tertiary/aromatic N) is 3. The van der Waals surface area contributed by atoms with Crippen molar-refractivity contribution in [3.05, 3.63) is 217 Å². The first-order valence-electron chi connectivity index (χ1n) is 21.5. The summed E-state index contributed by atoms with van der Waals surface area (Å²) in [7, 11) is 0. The molecule has 3 aliphatic rings. The van der Waals surface area contributed by atoms with Gasteiger partial charge in [-0.3, -0.25) is 0 Å². The van der Waals surface area contributed by atoms with Gasteiger partial charge in [0.1, 0.15) is 11.5 Å². The van der Waals surface area contributed by atoms with Gasteiger partial charge in [0.2, 0.25) is 0 Å². The summed E-state index contributed by atoms with van der Waals surface area (Å²) in [5, 5.41) is 2.46. The Kier molecular flexibility index (Phi) is 7.42. The highest BCUT2D eigenvalue weighted by Gasteiger charge is 2.45. The van der Waals surface area contributed by atoms with E-state index in [1.807, 2.05) is 0 Å². The maximum atomic E-state index is 7.07. The lowest BCUT2D eigenvalue weighted by Crippen LogP contribution is -2.59. The van der Waals surface area contributed by atoms with E-state index in [1.54, 1.807) is 0 Å². The Morgan fingerprint density at radius 3 is 1.82 bits per heavy atom. The molecule has 0 fully saturated rings. The lowest BCUT2D eigenvalue weighted by molar-refractivity contribution is 0.488. The summed E-state index contributed by atoms with van der Waals surface area (Å²) in [6.45, 7) is 4.76. The first-order valence-corrected chi connectivity index (χ1v) is 21.5. The standard InChI is InChI=1S/C57H40BN3O/c1-57(2)46-32-41(59(37-18-7-3-8-19-37)38-20-9-4-10-21-38)30-31-42(46)44-34-53-48(35-47(44)57)58-49-33-45-43-26-15-16-27-50(43)60(39-22-11-5-12-23-39)52(45)36-55(49)62-54-29-17-28-51(56(54)58)61(53)40-24-13-6-14-25-40/h3-36H,1-2H3. The Labute approximate surface area is 361 Å². The lowest BCUT2D eigenvalue weighted by atomic mass is 9.34. The van der Waals surface area contributed by atoms with Crippen molar-refractivity contribution < 1.29 is 4.74 Å². The first kappa shape index (κ1) is 35.0. The summed E-state index contributed by atoms with van der Waals surface area (Å²) in [4.78, 5) is 4.83. The van der Waals surface area contributed by atoms with Crippen molar-refractivity contribution in [3.8, 4) is 28.3 Å². The van der Waals surface area contributed by atoms with Gasteiger partial charge in [0.05, 0.1) is 11.0 Å². The molecule has 0 spiro atoms. The quantitative estimate of drug-likeness (QED) is 0.162. The summed E-state index contributed by atoms with van der Waals surface area (Å²) < 4.78 is 9.45. The molecule has 0 radical (unpaired) electrons. The molecule has 0 atom stereocenters. The molecule has 292 valence electrons. The molecule has 5 heteroatoms. The van der Waals surface area contributed by atoms with Gasteiger partial charge in [0.25, 0.3) is 6.71 Å². The van der Waals surface area contributed by atoms with Crippen LogP contribution in [0.1, 0.15) is 25.0 Å². The molecule has 1 aromatic heterocycles. The normalized spacial score (nSPS) is 13.8. The summed E-state index contributed by atoms with van der Waals surface area (Å²) in [6, 6.07) is 75.1. The van der Waals surface area contributed by atoms with Gasteiger partial charge in [-0.25, -0.2) is 0 Å². The van der Waals surface area contributed by atoms with E-state index in [0.29, 0.717) is 0 Å². The summed E-state index contributed by atoms with van der Waals surface area (Å²) in [6.07, 6.45) is 0. The zero-order chi connectivity index (χ0) is 41.1. The molecule has 4 nitrogen and oxygen atoms in total. The number of para-hydroxylation sites is 5. The van der Waals surface area contributed by atoms with Crippen LogP contribution in [0.15, 0.2) is 206 Å². The Hall–Kier alpha value is -7.76. The predicted molar refractivity (Wildman–Crippen MR) is 259 cm³/mol. The van der Waals surface area contributed by atoms with Crippen molar-refractivity contribution in [2.75, 3.05) is 9.80 Å². The van der Waals surface area contributed by atoms with Gasteiger partial charge in [0.15, 0.2) is 0 Å². The van der Waals surface area contributed by atoms with Crippen molar-refractivity contribution in [1.29, 1.82) is 0 Å². The van der Waals surface area contributed by atoms with Crippen LogP contribution in [0, 0.1) is 0 Å².